The smallest absolute Gasteiger partial charge is 0.139 e. The van der Waals surface area contributed by atoms with E-state index in [0.717, 1.165) is 6.42 Å². The molecule has 7 heavy (non-hydrogen) atoms. The highest BCUT2D eigenvalue weighted by Gasteiger charge is 2.18. The number of aliphatic hydroxyl groups is 1. The molecule has 0 spiro atoms. The monoisotopic (exact) mass is 100 g/mol. The minimum absolute atomic E-state index is 0.199. The molecule has 0 saturated carbocycles. The molecule has 2 atom stereocenters. The maximum absolute atomic E-state index is 8.77. The van der Waals surface area contributed by atoms with Gasteiger partial charge in [0.25, 0.3) is 0 Å². The van der Waals surface area contributed by atoms with E-state index in [1.807, 2.05) is 7.85 Å². The largest absolute Gasteiger partial charge is 0.391 e. The van der Waals surface area contributed by atoms with E-state index in [9.17, 15) is 0 Å². The van der Waals surface area contributed by atoms with E-state index in [2.05, 4.69) is 0 Å². The zero-order valence-corrected chi connectivity index (χ0v) is 4.42. The van der Waals surface area contributed by atoms with Crippen molar-refractivity contribution in [3.63, 3.8) is 0 Å². The van der Waals surface area contributed by atoms with Gasteiger partial charge in [-0.3, -0.25) is 0 Å². The normalized spacial score (nSPS) is 41.9. The minimum atomic E-state index is -0.199. The van der Waals surface area contributed by atoms with Gasteiger partial charge in [0.2, 0.25) is 0 Å². The molecule has 2 nitrogen and oxygen atoms in total. The Morgan fingerprint density at radius 2 is 2.43 bits per heavy atom. The second-order valence-electron chi connectivity index (χ2n) is 2.03. The molecule has 0 aromatic rings. The molecule has 0 aliphatic carbocycles. The SMILES string of the molecule is B[C@H]1C[C@H](O)CO1. The first-order valence-electron chi connectivity index (χ1n) is 2.58. The lowest BCUT2D eigenvalue weighted by Crippen LogP contribution is -2.05. The van der Waals surface area contributed by atoms with Crippen molar-refractivity contribution in [1.29, 1.82) is 0 Å². The van der Waals surface area contributed by atoms with Crippen LogP contribution < -0.4 is 0 Å². The number of hydrogen-bond donors (Lipinski definition) is 1. The lowest BCUT2D eigenvalue weighted by atomic mass is 9.97. The number of aliphatic hydroxyl groups excluding tert-OH is 1. The Hall–Kier alpha value is -0.0151. The fourth-order valence-corrected chi connectivity index (χ4v) is 0.795. The van der Waals surface area contributed by atoms with E-state index < -0.39 is 0 Å². The number of rotatable bonds is 0. The van der Waals surface area contributed by atoms with E-state index in [0.29, 0.717) is 6.61 Å². The first kappa shape index (κ1) is 5.13. The third kappa shape index (κ3) is 1.18. The Morgan fingerprint density at radius 3 is 2.57 bits per heavy atom. The molecular weight excluding hydrogens is 90.9 g/mol. The molecule has 0 bridgehead atoms. The molecule has 0 aromatic heterocycles. The van der Waals surface area contributed by atoms with Crippen molar-refractivity contribution in [2.45, 2.75) is 18.5 Å². The van der Waals surface area contributed by atoms with Gasteiger partial charge >= 0.3 is 0 Å². The summed E-state index contributed by atoms with van der Waals surface area (Å²) in [6, 6.07) is 0.273. The third-order valence-corrected chi connectivity index (χ3v) is 1.18. The van der Waals surface area contributed by atoms with Gasteiger partial charge in [0, 0.05) is 6.00 Å². The molecule has 1 saturated heterocycles. The summed E-state index contributed by atoms with van der Waals surface area (Å²) in [6.45, 7) is 0.529. The van der Waals surface area contributed by atoms with Gasteiger partial charge in [-0.25, -0.2) is 0 Å². The lowest BCUT2D eigenvalue weighted by Gasteiger charge is -1.94. The predicted molar refractivity (Wildman–Crippen MR) is 28.9 cm³/mol. The van der Waals surface area contributed by atoms with Crippen LogP contribution in [-0.4, -0.2) is 31.7 Å². The molecule has 0 radical (unpaired) electrons. The van der Waals surface area contributed by atoms with Crippen LogP contribution in [0, 0.1) is 0 Å². The van der Waals surface area contributed by atoms with Crippen LogP contribution in [0.5, 0.6) is 0 Å². The molecule has 3 heteroatoms. The first-order valence-corrected chi connectivity index (χ1v) is 2.58. The number of ether oxygens (including phenoxy) is 1. The van der Waals surface area contributed by atoms with Gasteiger partial charge in [0.1, 0.15) is 7.85 Å². The summed E-state index contributed by atoms with van der Waals surface area (Å²) in [5.74, 6) is 0. The van der Waals surface area contributed by atoms with Crippen molar-refractivity contribution in [2.75, 3.05) is 6.61 Å². The van der Waals surface area contributed by atoms with Crippen LogP contribution in [0.2, 0.25) is 0 Å². The molecule has 0 aromatic carbocycles. The average molecular weight is 99.9 g/mol. The van der Waals surface area contributed by atoms with E-state index in [1.165, 1.54) is 0 Å². The maximum Gasteiger partial charge on any atom is 0.139 e. The molecule has 1 aliphatic heterocycles. The molecule has 1 fully saturated rings. The summed E-state index contributed by atoms with van der Waals surface area (Å²) >= 11 is 0. The highest BCUT2D eigenvalue weighted by atomic mass is 16.5. The maximum atomic E-state index is 8.77. The van der Waals surface area contributed by atoms with Crippen LogP contribution >= 0.6 is 0 Å². The Kier molecular flexibility index (Phi) is 1.35. The standard InChI is InChI=1S/C4H9BO2/c5-4-1-3(6)2-7-4/h3-4,6H,1-2,5H2/t3-,4+/m0/s1. The fraction of sp³-hybridized carbons (Fsp3) is 1.00. The van der Waals surface area contributed by atoms with Crippen molar-refractivity contribution >= 4 is 7.85 Å². The van der Waals surface area contributed by atoms with E-state index in [4.69, 9.17) is 9.84 Å². The quantitative estimate of drug-likeness (QED) is 0.384. The van der Waals surface area contributed by atoms with Gasteiger partial charge in [-0.2, -0.15) is 0 Å². The van der Waals surface area contributed by atoms with Crippen molar-refractivity contribution in [3.05, 3.63) is 0 Å². The van der Waals surface area contributed by atoms with Gasteiger partial charge in [-0.05, 0) is 6.42 Å². The summed E-state index contributed by atoms with van der Waals surface area (Å²) < 4.78 is 5.02. The molecule has 0 unspecified atom stereocenters. The average Bonchev–Trinajstić information content (AvgIpc) is 1.87. The van der Waals surface area contributed by atoms with Gasteiger partial charge in [-0.15, -0.1) is 0 Å². The van der Waals surface area contributed by atoms with Crippen LogP contribution in [0.25, 0.3) is 0 Å². The first-order chi connectivity index (χ1) is 3.29. The lowest BCUT2D eigenvalue weighted by molar-refractivity contribution is 0.117. The van der Waals surface area contributed by atoms with Crippen LogP contribution in [0.3, 0.4) is 0 Å². The molecule has 1 heterocycles. The van der Waals surface area contributed by atoms with Crippen molar-refractivity contribution < 1.29 is 9.84 Å². The fourth-order valence-electron chi connectivity index (χ4n) is 0.795. The molecule has 40 valence electrons. The van der Waals surface area contributed by atoms with Crippen LogP contribution in [0.4, 0.5) is 0 Å². The summed E-state index contributed by atoms with van der Waals surface area (Å²) in [4.78, 5) is 0. The molecule has 1 N–H and O–H groups in total. The topological polar surface area (TPSA) is 29.5 Å². The van der Waals surface area contributed by atoms with Crippen molar-refractivity contribution in [3.8, 4) is 0 Å². The highest BCUT2D eigenvalue weighted by Crippen LogP contribution is 2.08. The van der Waals surface area contributed by atoms with Crippen LogP contribution in [-0.2, 0) is 4.74 Å². The second kappa shape index (κ2) is 1.84. The second-order valence-corrected chi connectivity index (χ2v) is 2.03. The molecule has 1 rings (SSSR count). The molecule has 1 aliphatic rings. The van der Waals surface area contributed by atoms with Crippen LogP contribution in [0.15, 0.2) is 0 Å². The molecular formula is C4H9BO2. The number of hydrogen-bond acceptors (Lipinski definition) is 2. The Balaban J connectivity index is 2.26. The predicted octanol–water partition coefficient (Wildman–Crippen LogP) is -1.27. The summed E-state index contributed by atoms with van der Waals surface area (Å²) in [5, 5.41) is 8.77. The van der Waals surface area contributed by atoms with Crippen molar-refractivity contribution in [1.82, 2.24) is 0 Å². The highest BCUT2D eigenvalue weighted by molar-refractivity contribution is 6.11. The van der Waals surface area contributed by atoms with Crippen molar-refractivity contribution in [2.24, 2.45) is 0 Å². The Morgan fingerprint density at radius 1 is 1.71 bits per heavy atom. The summed E-state index contributed by atoms with van der Waals surface area (Å²) in [7, 11) is 1.97. The summed E-state index contributed by atoms with van der Waals surface area (Å²) in [5.41, 5.74) is 0. The molecule has 0 amide bonds. The zero-order valence-electron chi connectivity index (χ0n) is 4.42. The zero-order chi connectivity index (χ0) is 5.28. The van der Waals surface area contributed by atoms with E-state index in [1.54, 1.807) is 0 Å². The van der Waals surface area contributed by atoms with Gasteiger partial charge in [0.05, 0.1) is 12.7 Å². The Labute approximate surface area is 43.9 Å². The summed E-state index contributed by atoms with van der Waals surface area (Å²) in [6.07, 6.45) is 0.606. The van der Waals surface area contributed by atoms with Crippen LogP contribution in [0.1, 0.15) is 6.42 Å². The van der Waals surface area contributed by atoms with E-state index in [-0.39, 0.29) is 12.1 Å². The van der Waals surface area contributed by atoms with Gasteiger partial charge < -0.3 is 9.84 Å². The minimum Gasteiger partial charge on any atom is -0.391 e. The van der Waals surface area contributed by atoms with Gasteiger partial charge in [0.15, 0.2) is 0 Å². The van der Waals surface area contributed by atoms with E-state index >= 15 is 0 Å². The third-order valence-electron chi connectivity index (χ3n) is 1.18. The van der Waals surface area contributed by atoms with Gasteiger partial charge in [-0.1, -0.05) is 0 Å². The Bertz CT molecular complexity index is 58.7.